The fourth-order valence-corrected chi connectivity index (χ4v) is 1.98. The van der Waals surface area contributed by atoms with E-state index in [1.807, 2.05) is 17.9 Å². The van der Waals surface area contributed by atoms with Crippen LogP contribution in [0.3, 0.4) is 0 Å². The number of aromatic nitrogens is 4. The SMILES string of the molecule is CC(C)c1cnnc2c1c(C(C)C)nn2C. The quantitative estimate of drug-likeness (QED) is 0.778. The molecule has 4 nitrogen and oxygen atoms in total. The van der Waals surface area contributed by atoms with Crippen LogP contribution in [0.5, 0.6) is 0 Å². The Kier molecular flexibility index (Phi) is 2.66. The van der Waals surface area contributed by atoms with Crippen molar-refractivity contribution in [3.05, 3.63) is 17.5 Å². The first-order valence-electron chi connectivity index (χ1n) is 5.70. The summed E-state index contributed by atoms with van der Waals surface area (Å²) in [6, 6.07) is 0. The zero-order chi connectivity index (χ0) is 11.9. The van der Waals surface area contributed by atoms with Gasteiger partial charge in [-0.05, 0) is 17.4 Å². The summed E-state index contributed by atoms with van der Waals surface area (Å²) in [5, 5.41) is 14.0. The second-order valence-corrected chi connectivity index (χ2v) is 4.82. The molecule has 2 rings (SSSR count). The molecule has 0 unspecified atom stereocenters. The smallest absolute Gasteiger partial charge is 0.180 e. The Hall–Kier alpha value is -1.45. The van der Waals surface area contributed by atoms with E-state index in [-0.39, 0.29) is 0 Å². The van der Waals surface area contributed by atoms with E-state index in [0.717, 1.165) is 11.3 Å². The average molecular weight is 218 g/mol. The molecule has 0 fully saturated rings. The average Bonchev–Trinajstić information content (AvgIpc) is 2.56. The first-order valence-corrected chi connectivity index (χ1v) is 5.70. The standard InChI is InChI=1S/C12H18N4/c1-7(2)9-6-13-14-12-10(9)11(8(3)4)15-16(12)5/h6-8H,1-5H3. The molecule has 0 aliphatic heterocycles. The van der Waals surface area contributed by atoms with Gasteiger partial charge < -0.3 is 0 Å². The Bertz CT molecular complexity index is 511. The third kappa shape index (κ3) is 1.58. The molecule has 0 N–H and O–H groups in total. The molecule has 0 aliphatic rings. The Balaban J connectivity index is 2.83. The lowest BCUT2D eigenvalue weighted by Crippen LogP contribution is -1.96. The first-order chi connectivity index (χ1) is 7.52. The van der Waals surface area contributed by atoms with Crippen molar-refractivity contribution in [2.75, 3.05) is 0 Å². The van der Waals surface area contributed by atoms with Gasteiger partial charge in [-0.2, -0.15) is 10.2 Å². The Morgan fingerprint density at radius 1 is 1.12 bits per heavy atom. The summed E-state index contributed by atoms with van der Waals surface area (Å²) in [4.78, 5) is 0. The maximum absolute atomic E-state index is 4.55. The Morgan fingerprint density at radius 2 is 1.81 bits per heavy atom. The monoisotopic (exact) mass is 218 g/mol. The van der Waals surface area contributed by atoms with E-state index in [2.05, 4.69) is 43.0 Å². The summed E-state index contributed by atoms with van der Waals surface area (Å²) >= 11 is 0. The van der Waals surface area contributed by atoms with E-state index in [4.69, 9.17) is 0 Å². The van der Waals surface area contributed by atoms with E-state index in [0.29, 0.717) is 11.8 Å². The van der Waals surface area contributed by atoms with Gasteiger partial charge in [-0.25, -0.2) is 4.68 Å². The van der Waals surface area contributed by atoms with E-state index >= 15 is 0 Å². The summed E-state index contributed by atoms with van der Waals surface area (Å²) in [7, 11) is 1.92. The summed E-state index contributed by atoms with van der Waals surface area (Å²) in [6.07, 6.45) is 1.86. The molecule has 0 saturated heterocycles. The van der Waals surface area contributed by atoms with Gasteiger partial charge in [0.05, 0.1) is 11.9 Å². The Labute approximate surface area is 95.7 Å². The number of nitrogens with zero attached hydrogens (tertiary/aromatic N) is 4. The fraction of sp³-hybridized carbons (Fsp3) is 0.583. The van der Waals surface area contributed by atoms with Crippen LogP contribution >= 0.6 is 0 Å². The molecule has 16 heavy (non-hydrogen) atoms. The van der Waals surface area contributed by atoms with Gasteiger partial charge in [0.15, 0.2) is 5.65 Å². The molecule has 0 aromatic carbocycles. The van der Waals surface area contributed by atoms with Crippen LogP contribution in [-0.4, -0.2) is 20.0 Å². The molecular formula is C12H18N4. The maximum atomic E-state index is 4.55. The van der Waals surface area contributed by atoms with Crippen molar-refractivity contribution in [2.45, 2.75) is 39.5 Å². The number of hydrogen-bond donors (Lipinski definition) is 0. The zero-order valence-corrected chi connectivity index (χ0v) is 10.5. The number of rotatable bonds is 2. The van der Waals surface area contributed by atoms with Gasteiger partial charge in [0, 0.05) is 12.4 Å². The zero-order valence-electron chi connectivity index (χ0n) is 10.5. The molecule has 2 aromatic rings. The molecule has 0 amide bonds. The van der Waals surface area contributed by atoms with Crippen molar-refractivity contribution in [1.82, 2.24) is 20.0 Å². The highest BCUT2D eigenvalue weighted by Crippen LogP contribution is 2.29. The molecule has 0 spiro atoms. The van der Waals surface area contributed by atoms with Crippen LogP contribution in [0.4, 0.5) is 0 Å². The maximum Gasteiger partial charge on any atom is 0.180 e. The fourth-order valence-electron chi connectivity index (χ4n) is 1.98. The highest BCUT2D eigenvalue weighted by Gasteiger charge is 2.18. The van der Waals surface area contributed by atoms with Crippen molar-refractivity contribution in [1.29, 1.82) is 0 Å². The molecule has 2 heterocycles. The van der Waals surface area contributed by atoms with Crippen molar-refractivity contribution in [2.24, 2.45) is 7.05 Å². The summed E-state index contributed by atoms with van der Waals surface area (Å²) in [5.41, 5.74) is 3.24. The Morgan fingerprint density at radius 3 is 2.38 bits per heavy atom. The minimum atomic E-state index is 0.408. The van der Waals surface area contributed by atoms with Gasteiger partial charge >= 0.3 is 0 Å². The van der Waals surface area contributed by atoms with E-state index < -0.39 is 0 Å². The van der Waals surface area contributed by atoms with Crippen LogP contribution in [0.1, 0.15) is 50.8 Å². The van der Waals surface area contributed by atoms with Crippen LogP contribution in [-0.2, 0) is 7.05 Å². The predicted octanol–water partition coefficient (Wildman–Crippen LogP) is 2.61. The summed E-state index contributed by atoms with van der Waals surface area (Å²) in [5.74, 6) is 0.852. The number of fused-ring (bicyclic) bond motifs is 1. The molecular weight excluding hydrogens is 200 g/mol. The van der Waals surface area contributed by atoms with Crippen LogP contribution < -0.4 is 0 Å². The highest BCUT2D eigenvalue weighted by molar-refractivity contribution is 5.82. The second-order valence-electron chi connectivity index (χ2n) is 4.82. The topological polar surface area (TPSA) is 43.6 Å². The third-order valence-electron chi connectivity index (χ3n) is 2.85. The lowest BCUT2D eigenvalue weighted by Gasteiger charge is -2.08. The van der Waals surface area contributed by atoms with Gasteiger partial charge in [-0.15, -0.1) is 5.10 Å². The van der Waals surface area contributed by atoms with Crippen molar-refractivity contribution < 1.29 is 0 Å². The van der Waals surface area contributed by atoms with Gasteiger partial charge in [0.2, 0.25) is 0 Å². The molecule has 0 radical (unpaired) electrons. The van der Waals surface area contributed by atoms with Gasteiger partial charge in [-0.1, -0.05) is 27.7 Å². The minimum absolute atomic E-state index is 0.408. The van der Waals surface area contributed by atoms with Crippen molar-refractivity contribution >= 4 is 11.0 Å². The van der Waals surface area contributed by atoms with Gasteiger partial charge in [0.1, 0.15) is 0 Å². The first kappa shape index (κ1) is 11.0. The summed E-state index contributed by atoms with van der Waals surface area (Å²) in [6.45, 7) is 8.67. The van der Waals surface area contributed by atoms with Crippen molar-refractivity contribution in [3.8, 4) is 0 Å². The lowest BCUT2D eigenvalue weighted by atomic mass is 9.98. The predicted molar refractivity (Wildman–Crippen MR) is 64.5 cm³/mol. The molecule has 0 atom stereocenters. The van der Waals surface area contributed by atoms with Crippen LogP contribution in [0.2, 0.25) is 0 Å². The molecule has 86 valence electrons. The van der Waals surface area contributed by atoms with E-state index in [1.54, 1.807) is 0 Å². The normalized spacial score (nSPS) is 11.9. The molecule has 0 aliphatic carbocycles. The van der Waals surface area contributed by atoms with Crippen molar-refractivity contribution in [3.63, 3.8) is 0 Å². The van der Waals surface area contributed by atoms with Gasteiger partial charge in [0.25, 0.3) is 0 Å². The van der Waals surface area contributed by atoms with Gasteiger partial charge in [-0.3, -0.25) is 0 Å². The number of aryl methyl sites for hydroxylation is 1. The van der Waals surface area contributed by atoms with Crippen LogP contribution in [0, 0.1) is 0 Å². The second kappa shape index (κ2) is 3.85. The molecule has 0 saturated carbocycles. The van der Waals surface area contributed by atoms with E-state index in [1.165, 1.54) is 10.9 Å². The van der Waals surface area contributed by atoms with Crippen LogP contribution in [0.25, 0.3) is 11.0 Å². The lowest BCUT2D eigenvalue weighted by molar-refractivity contribution is 0.721. The number of hydrogen-bond acceptors (Lipinski definition) is 3. The van der Waals surface area contributed by atoms with E-state index in [9.17, 15) is 0 Å². The summed E-state index contributed by atoms with van der Waals surface area (Å²) < 4.78 is 1.82. The molecule has 2 aromatic heterocycles. The minimum Gasteiger partial charge on any atom is -0.249 e. The molecule has 0 bridgehead atoms. The highest BCUT2D eigenvalue weighted by atomic mass is 15.3. The van der Waals surface area contributed by atoms with Crippen LogP contribution in [0.15, 0.2) is 6.20 Å². The molecule has 4 heteroatoms. The largest absolute Gasteiger partial charge is 0.249 e. The third-order valence-corrected chi connectivity index (χ3v) is 2.85.